The first-order chi connectivity index (χ1) is 14.3. The summed E-state index contributed by atoms with van der Waals surface area (Å²) < 4.78 is 40.8. The highest BCUT2D eigenvalue weighted by molar-refractivity contribution is 5.93. The van der Waals surface area contributed by atoms with Crippen LogP contribution in [0.3, 0.4) is 0 Å². The first-order valence-electron chi connectivity index (χ1n) is 9.70. The Kier molecular flexibility index (Phi) is 5.31. The van der Waals surface area contributed by atoms with Crippen LogP contribution in [0.1, 0.15) is 25.3 Å². The number of fused-ring (bicyclic) bond motifs is 1. The van der Waals surface area contributed by atoms with Gasteiger partial charge in [-0.1, -0.05) is 19.1 Å². The van der Waals surface area contributed by atoms with Crippen LogP contribution in [0.25, 0.3) is 11.0 Å². The number of piperidine rings is 1. The molecule has 0 aliphatic carbocycles. The number of aromatic nitrogens is 4. The van der Waals surface area contributed by atoms with E-state index in [1.54, 1.807) is 6.20 Å². The lowest BCUT2D eigenvalue weighted by Crippen LogP contribution is -2.33. The van der Waals surface area contributed by atoms with E-state index in [0.29, 0.717) is 11.6 Å². The van der Waals surface area contributed by atoms with Crippen LogP contribution in [0.5, 0.6) is 0 Å². The van der Waals surface area contributed by atoms with E-state index in [2.05, 4.69) is 32.2 Å². The maximum atomic E-state index is 13.1. The van der Waals surface area contributed by atoms with E-state index in [-0.39, 0.29) is 12.2 Å². The Hall–Kier alpha value is -3.17. The Balaban J connectivity index is 1.54. The van der Waals surface area contributed by atoms with Gasteiger partial charge in [0.25, 0.3) is 0 Å². The average molecular weight is 418 g/mol. The molecular weight excluding hydrogens is 397 g/mol. The topological polar surface area (TPSA) is 75.9 Å². The minimum atomic E-state index is -4.56. The highest BCUT2D eigenvalue weighted by Crippen LogP contribution is 2.34. The molecule has 0 saturated carbocycles. The van der Waals surface area contributed by atoms with E-state index in [1.807, 2.05) is 0 Å². The fraction of sp³-hybridized carbons (Fsp3) is 0.400. The quantitative estimate of drug-likeness (QED) is 0.699. The van der Waals surface area contributed by atoms with E-state index >= 15 is 0 Å². The second kappa shape index (κ2) is 7.92. The molecule has 2 aromatic heterocycles. The number of amides is 1. The summed E-state index contributed by atoms with van der Waals surface area (Å²) in [5.41, 5.74) is -0.713. The number of hydrogen-bond donors (Lipinski definition) is 1. The molecule has 4 rings (SSSR count). The van der Waals surface area contributed by atoms with Crippen LogP contribution in [-0.2, 0) is 17.5 Å². The molecule has 1 aliphatic rings. The molecule has 30 heavy (non-hydrogen) atoms. The van der Waals surface area contributed by atoms with Gasteiger partial charge in [-0.05, 0) is 30.9 Å². The second-order valence-corrected chi connectivity index (χ2v) is 7.50. The van der Waals surface area contributed by atoms with E-state index < -0.39 is 17.6 Å². The Morgan fingerprint density at radius 2 is 1.93 bits per heavy atom. The molecule has 3 aromatic rings. The summed E-state index contributed by atoms with van der Waals surface area (Å²) in [5.74, 6) is 0.814. The highest BCUT2D eigenvalue weighted by atomic mass is 19.4. The first-order valence-corrected chi connectivity index (χ1v) is 9.70. The summed E-state index contributed by atoms with van der Waals surface area (Å²) in [6, 6.07) is 4.86. The Bertz CT molecular complexity index is 1060. The maximum Gasteiger partial charge on any atom is 0.418 e. The summed E-state index contributed by atoms with van der Waals surface area (Å²) in [6.45, 7) is 3.73. The fourth-order valence-electron chi connectivity index (χ4n) is 3.63. The number of nitrogens with one attached hydrogen (secondary N) is 1. The molecule has 10 heteroatoms. The monoisotopic (exact) mass is 418 g/mol. The van der Waals surface area contributed by atoms with E-state index in [0.717, 1.165) is 43.2 Å². The number of anilines is 2. The SMILES string of the molecule is CC1CCN(c2ncnc3c2cnn3CC(=O)Nc2ccccc2C(F)(F)F)CC1. The fourth-order valence-corrected chi connectivity index (χ4v) is 3.63. The van der Waals surface area contributed by atoms with Gasteiger partial charge in [-0.2, -0.15) is 18.3 Å². The van der Waals surface area contributed by atoms with E-state index in [9.17, 15) is 18.0 Å². The molecule has 1 aromatic carbocycles. The number of carbonyl (C=O) groups excluding carboxylic acids is 1. The third kappa shape index (κ3) is 4.07. The number of rotatable bonds is 4. The predicted molar refractivity (Wildman–Crippen MR) is 106 cm³/mol. The van der Waals surface area contributed by atoms with Gasteiger partial charge in [0.15, 0.2) is 5.65 Å². The lowest BCUT2D eigenvalue weighted by Gasteiger charge is -2.31. The van der Waals surface area contributed by atoms with Gasteiger partial charge < -0.3 is 10.2 Å². The third-order valence-corrected chi connectivity index (χ3v) is 5.30. The molecule has 0 spiro atoms. The van der Waals surface area contributed by atoms with Gasteiger partial charge in [0, 0.05) is 13.1 Å². The minimum Gasteiger partial charge on any atom is -0.356 e. The number of benzene rings is 1. The average Bonchev–Trinajstić information content (AvgIpc) is 3.11. The van der Waals surface area contributed by atoms with E-state index in [1.165, 1.54) is 29.2 Å². The summed E-state index contributed by atoms with van der Waals surface area (Å²) in [5, 5.41) is 7.27. The zero-order chi connectivity index (χ0) is 21.3. The molecule has 1 saturated heterocycles. The molecule has 0 atom stereocenters. The molecular formula is C20H21F3N6O. The lowest BCUT2D eigenvalue weighted by atomic mass is 9.99. The number of alkyl halides is 3. The van der Waals surface area contributed by atoms with Gasteiger partial charge >= 0.3 is 6.18 Å². The van der Waals surface area contributed by atoms with Crippen LogP contribution >= 0.6 is 0 Å². The van der Waals surface area contributed by atoms with Crippen molar-refractivity contribution in [2.24, 2.45) is 5.92 Å². The summed E-state index contributed by atoms with van der Waals surface area (Å²) in [6.07, 6.45) is 0.599. The molecule has 7 nitrogen and oxygen atoms in total. The largest absolute Gasteiger partial charge is 0.418 e. The number of para-hydroxylation sites is 1. The van der Waals surface area contributed by atoms with Crippen LogP contribution in [0.4, 0.5) is 24.7 Å². The number of carbonyl (C=O) groups is 1. The molecule has 0 radical (unpaired) electrons. The van der Waals surface area contributed by atoms with Gasteiger partial charge in [-0.3, -0.25) is 4.79 Å². The highest BCUT2D eigenvalue weighted by Gasteiger charge is 2.33. The lowest BCUT2D eigenvalue weighted by molar-refractivity contribution is -0.137. The summed E-state index contributed by atoms with van der Waals surface area (Å²) in [7, 11) is 0. The van der Waals surface area contributed by atoms with Gasteiger partial charge in [-0.15, -0.1) is 0 Å². The Morgan fingerprint density at radius 1 is 1.20 bits per heavy atom. The Labute approximate surface area is 170 Å². The standard InChI is InChI=1S/C20H21F3N6O/c1-13-6-8-28(9-7-13)18-14-10-26-29(19(14)25-12-24-18)11-17(30)27-16-5-3-2-4-15(16)20(21,22)23/h2-5,10,12-13H,6-9,11H2,1H3,(H,27,30). The van der Waals surface area contributed by atoms with Gasteiger partial charge in [0.05, 0.1) is 22.8 Å². The van der Waals surface area contributed by atoms with Crippen molar-refractivity contribution < 1.29 is 18.0 Å². The third-order valence-electron chi connectivity index (χ3n) is 5.30. The number of halogens is 3. The van der Waals surface area contributed by atoms with E-state index in [4.69, 9.17) is 0 Å². The molecule has 1 amide bonds. The summed E-state index contributed by atoms with van der Waals surface area (Å²) in [4.78, 5) is 23.2. The number of hydrogen-bond acceptors (Lipinski definition) is 5. The van der Waals surface area contributed by atoms with Crippen LogP contribution in [0, 0.1) is 5.92 Å². The first kappa shape index (κ1) is 20.1. The van der Waals surface area contributed by atoms with Crippen molar-refractivity contribution in [2.45, 2.75) is 32.5 Å². The molecule has 1 fully saturated rings. The normalized spacial score (nSPS) is 15.5. The molecule has 1 aliphatic heterocycles. The van der Waals surface area contributed by atoms with Crippen molar-refractivity contribution >= 4 is 28.4 Å². The van der Waals surface area contributed by atoms with Gasteiger partial charge in [-0.25, -0.2) is 14.6 Å². The van der Waals surface area contributed by atoms with Crippen LogP contribution in [-0.4, -0.2) is 38.7 Å². The Morgan fingerprint density at radius 3 is 2.67 bits per heavy atom. The molecule has 0 unspecified atom stereocenters. The zero-order valence-electron chi connectivity index (χ0n) is 16.4. The van der Waals surface area contributed by atoms with Crippen molar-refractivity contribution in [3.63, 3.8) is 0 Å². The predicted octanol–water partition coefficient (Wildman–Crippen LogP) is 3.72. The van der Waals surface area contributed by atoms with Crippen molar-refractivity contribution in [2.75, 3.05) is 23.3 Å². The van der Waals surface area contributed by atoms with Crippen molar-refractivity contribution in [1.82, 2.24) is 19.7 Å². The number of nitrogens with zero attached hydrogens (tertiary/aromatic N) is 5. The maximum absolute atomic E-state index is 13.1. The second-order valence-electron chi connectivity index (χ2n) is 7.50. The molecule has 3 heterocycles. The van der Waals surface area contributed by atoms with Crippen molar-refractivity contribution in [3.05, 3.63) is 42.4 Å². The van der Waals surface area contributed by atoms with Crippen LogP contribution < -0.4 is 10.2 Å². The van der Waals surface area contributed by atoms with Gasteiger partial charge in [0.2, 0.25) is 5.91 Å². The molecule has 1 N–H and O–H groups in total. The van der Waals surface area contributed by atoms with Crippen molar-refractivity contribution in [3.8, 4) is 0 Å². The van der Waals surface area contributed by atoms with Gasteiger partial charge in [0.1, 0.15) is 18.7 Å². The minimum absolute atomic E-state index is 0.261. The molecule has 0 bridgehead atoms. The van der Waals surface area contributed by atoms with Crippen LogP contribution in [0.15, 0.2) is 36.8 Å². The molecule has 158 valence electrons. The van der Waals surface area contributed by atoms with Crippen LogP contribution in [0.2, 0.25) is 0 Å². The summed E-state index contributed by atoms with van der Waals surface area (Å²) >= 11 is 0. The zero-order valence-corrected chi connectivity index (χ0v) is 16.4. The smallest absolute Gasteiger partial charge is 0.356 e. The van der Waals surface area contributed by atoms with Crippen molar-refractivity contribution in [1.29, 1.82) is 0 Å².